The summed E-state index contributed by atoms with van der Waals surface area (Å²) in [4.78, 5) is 32.1. The van der Waals surface area contributed by atoms with Gasteiger partial charge in [-0.1, -0.05) is 18.2 Å². The molecule has 0 atom stereocenters. The first-order valence-corrected chi connectivity index (χ1v) is 11.4. The lowest BCUT2D eigenvalue weighted by Crippen LogP contribution is -2.35. The molecule has 2 heterocycles. The van der Waals surface area contributed by atoms with Crippen molar-refractivity contribution in [3.63, 3.8) is 0 Å². The SMILES string of the molecule is CCOc1ccc(NC(=O)CN(C)C(=O)c2cc(-c3ccco3)nc3ccccc23)cc1OCC. The molecule has 4 rings (SSSR count). The Morgan fingerprint density at radius 2 is 1.74 bits per heavy atom. The number of carbonyl (C=O) groups excluding carboxylic acids is 2. The van der Waals surface area contributed by atoms with Gasteiger partial charge < -0.3 is 24.1 Å². The summed E-state index contributed by atoms with van der Waals surface area (Å²) in [6.45, 7) is 4.60. The second-order valence-corrected chi connectivity index (χ2v) is 7.79. The van der Waals surface area contributed by atoms with Crippen LogP contribution >= 0.6 is 0 Å². The Morgan fingerprint density at radius 3 is 2.49 bits per heavy atom. The van der Waals surface area contributed by atoms with Crippen LogP contribution in [-0.4, -0.2) is 48.5 Å². The van der Waals surface area contributed by atoms with Gasteiger partial charge in [0.1, 0.15) is 5.69 Å². The molecule has 0 bridgehead atoms. The number of likely N-dealkylation sites (N-methyl/N-ethyl adjacent to an activating group) is 1. The van der Waals surface area contributed by atoms with Crippen LogP contribution in [0.25, 0.3) is 22.4 Å². The Kier molecular flexibility index (Phi) is 7.30. The highest BCUT2D eigenvalue weighted by molar-refractivity contribution is 6.08. The van der Waals surface area contributed by atoms with Crippen LogP contribution in [0.2, 0.25) is 0 Å². The van der Waals surface area contributed by atoms with E-state index in [1.807, 2.05) is 38.1 Å². The molecule has 8 heteroatoms. The van der Waals surface area contributed by atoms with Crippen LogP contribution in [0.4, 0.5) is 5.69 Å². The van der Waals surface area contributed by atoms with E-state index in [1.165, 1.54) is 4.90 Å². The molecule has 2 aromatic carbocycles. The van der Waals surface area contributed by atoms with Gasteiger partial charge in [-0.25, -0.2) is 4.98 Å². The molecule has 2 amide bonds. The summed E-state index contributed by atoms with van der Waals surface area (Å²) in [5, 5.41) is 3.52. The molecule has 0 unspecified atom stereocenters. The number of fused-ring (bicyclic) bond motifs is 1. The normalized spacial score (nSPS) is 10.7. The van der Waals surface area contributed by atoms with E-state index in [1.54, 1.807) is 49.7 Å². The molecule has 0 saturated heterocycles. The monoisotopic (exact) mass is 473 g/mol. The molecule has 35 heavy (non-hydrogen) atoms. The summed E-state index contributed by atoms with van der Waals surface area (Å²) in [5.74, 6) is 1.08. The van der Waals surface area contributed by atoms with Crippen molar-refractivity contribution in [1.82, 2.24) is 9.88 Å². The maximum absolute atomic E-state index is 13.4. The molecule has 4 aromatic rings. The van der Waals surface area contributed by atoms with Crippen molar-refractivity contribution in [1.29, 1.82) is 0 Å². The number of nitrogens with zero attached hydrogens (tertiary/aromatic N) is 2. The molecule has 1 N–H and O–H groups in total. The fraction of sp³-hybridized carbons (Fsp3) is 0.222. The smallest absolute Gasteiger partial charge is 0.254 e. The molecular formula is C27H27N3O5. The van der Waals surface area contributed by atoms with Crippen molar-refractivity contribution in [2.75, 3.05) is 32.1 Å². The average molecular weight is 474 g/mol. The number of anilines is 1. The molecule has 0 radical (unpaired) electrons. The lowest BCUT2D eigenvalue weighted by Gasteiger charge is -2.19. The molecule has 0 fully saturated rings. The number of aromatic nitrogens is 1. The molecular weight excluding hydrogens is 446 g/mol. The number of carbonyl (C=O) groups is 2. The maximum atomic E-state index is 13.4. The number of furan rings is 1. The van der Waals surface area contributed by atoms with Crippen LogP contribution in [0, 0.1) is 0 Å². The van der Waals surface area contributed by atoms with Crippen LogP contribution in [0.1, 0.15) is 24.2 Å². The van der Waals surface area contributed by atoms with Crippen LogP contribution in [-0.2, 0) is 4.79 Å². The van der Waals surface area contributed by atoms with Gasteiger partial charge in [-0.3, -0.25) is 9.59 Å². The van der Waals surface area contributed by atoms with Gasteiger partial charge in [0.15, 0.2) is 17.3 Å². The summed E-state index contributed by atoms with van der Waals surface area (Å²) < 4.78 is 16.7. The van der Waals surface area contributed by atoms with Gasteiger partial charge in [0.05, 0.1) is 37.1 Å². The number of para-hydroxylation sites is 1. The Balaban J connectivity index is 1.53. The Bertz CT molecular complexity index is 1330. The summed E-state index contributed by atoms with van der Waals surface area (Å²) in [6, 6.07) is 17.8. The number of nitrogens with one attached hydrogen (secondary N) is 1. The molecule has 8 nitrogen and oxygen atoms in total. The predicted octanol–water partition coefficient (Wildman–Crippen LogP) is 5.00. The Morgan fingerprint density at radius 1 is 0.971 bits per heavy atom. The van der Waals surface area contributed by atoms with Crippen molar-refractivity contribution in [3.8, 4) is 23.0 Å². The summed E-state index contributed by atoms with van der Waals surface area (Å²) >= 11 is 0. The first-order valence-electron chi connectivity index (χ1n) is 11.4. The van der Waals surface area contributed by atoms with Gasteiger partial charge in [-0.05, 0) is 50.2 Å². The molecule has 0 spiro atoms. The average Bonchev–Trinajstić information content (AvgIpc) is 3.40. The molecule has 0 saturated carbocycles. The van der Waals surface area contributed by atoms with Crippen molar-refractivity contribution in [2.45, 2.75) is 13.8 Å². The molecule has 2 aromatic heterocycles. The number of amides is 2. The number of hydrogen-bond donors (Lipinski definition) is 1. The van der Waals surface area contributed by atoms with E-state index in [0.717, 1.165) is 0 Å². The van der Waals surface area contributed by atoms with Gasteiger partial charge in [-0.2, -0.15) is 0 Å². The van der Waals surface area contributed by atoms with Gasteiger partial charge in [0.25, 0.3) is 5.91 Å². The number of benzene rings is 2. The third-order valence-electron chi connectivity index (χ3n) is 5.27. The summed E-state index contributed by atoms with van der Waals surface area (Å²) in [6.07, 6.45) is 1.56. The fourth-order valence-corrected chi connectivity index (χ4v) is 3.73. The zero-order valence-corrected chi connectivity index (χ0v) is 19.9. The van der Waals surface area contributed by atoms with Gasteiger partial charge in [-0.15, -0.1) is 0 Å². The van der Waals surface area contributed by atoms with E-state index < -0.39 is 0 Å². The third-order valence-corrected chi connectivity index (χ3v) is 5.27. The van der Waals surface area contributed by atoms with Crippen LogP contribution < -0.4 is 14.8 Å². The van der Waals surface area contributed by atoms with E-state index in [0.29, 0.717) is 58.3 Å². The Hall–Kier alpha value is -4.33. The van der Waals surface area contributed by atoms with Crippen molar-refractivity contribution in [3.05, 3.63) is 72.5 Å². The lowest BCUT2D eigenvalue weighted by atomic mass is 10.1. The highest BCUT2D eigenvalue weighted by Crippen LogP contribution is 2.31. The van der Waals surface area contributed by atoms with Crippen molar-refractivity contribution in [2.24, 2.45) is 0 Å². The fourth-order valence-electron chi connectivity index (χ4n) is 3.73. The third kappa shape index (κ3) is 5.43. The first kappa shape index (κ1) is 23.8. The van der Waals surface area contributed by atoms with Gasteiger partial charge in [0.2, 0.25) is 5.91 Å². The zero-order chi connectivity index (χ0) is 24.8. The first-order chi connectivity index (χ1) is 17.0. The zero-order valence-electron chi connectivity index (χ0n) is 19.9. The van der Waals surface area contributed by atoms with E-state index >= 15 is 0 Å². The number of pyridine rings is 1. The summed E-state index contributed by atoms with van der Waals surface area (Å²) in [5.41, 5.74) is 2.21. The highest BCUT2D eigenvalue weighted by atomic mass is 16.5. The van der Waals surface area contributed by atoms with Crippen LogP contribution in [0.15, 0.2) is 71.3 Å². The van der Waals surface area contributed by atoms with Crippen LogP contribution in [0.3, 0.4) is 0 Å². The standard InChI is InChI=1S/C27H27N3O5/c1-4-33-24-13-12-18(15-25(24)34-5-2)28-26(31)17-30(3)27(32)20-16-22(23-11-8-14-35-23)29-21-10-7-6-9-19(20)21/h6-16H,4-5,17H2,1-3H3,(H,28,31). The Labute approximate surface area is 203 Å². The second-order valence-electron chi connectivity index (χ2n) is 7.79. The number of ether oxygens (including phenoxy) is 2. The minimum atomic E-state index is -0.336. The quantitative estimate of drug-likeness (QED) is 0.368. The highest BCUT2D eigenvalue weighted by Gasteiger charge is 2.20. The number of rotatable bonds is 9. The van der Waals surface area contributed by atoms with E-state index in [9.17, 15) is 9.59 Å². The second kappa shape index (κ2) is 10.7. The van der Waals surface area contributed by atoms with Gasteiger partial charge in [0, 0.05) is 24.2 Å². The van der Waals surface area contributed by atoms with Crippen molar-refractivity contribution >= 4 is 28.4 Å². The van der Waals surface area contributed by atoms with Crippen molar-refractivity contribution < 1.29 is 23.5 Å². The molecule has 0 aliphatic carbocycles. The topological polar surface area (TPSA) is 93.9 Å². The molecule has 180 valence electrons. The van der Waals surface area contributed by atoms with E-state index in [-0.39, 0.29) is 18.4 Å². The summed E-state index contributed by atoms with van der Waals surface area (Å²) in [7, 11) is 1.59. The molecule has 0 aliphatic heterocycles. The molecule has 0 aliphatic rings. The van der Waals surface area contributed by atoms with Crippen LogP contribution in [0.5, 0.6) is 11.5 Å². The minimum Gasteiger partial charge on any atom is -0.490 e. The van der Waals surface area contributed by atoms with E-state index in [4.69, 9.17) is 13.9 Å². The van der Waals surface area contributed by atoms with E-state index in [2.05, 4.69) is 10.3 Å². The maximum Gasteiger partial charge on any atom is 0.254 e. The largest absolute Gasteiger partial charge is 0.490 e. The van der Waals surface area contributed by atoms with Gasteiger partial charge >= 0.3 is 0 Å². The predicted molar refractivity (Wildman–Crippen MR) is 134 cm³/mol. The minimum absolute atomic E-state index is 0.136. The number of hydrogen-bond acceptors (Lipinski definition) is 6. The lowest BCUT2D eigenvalue weighted by molar-refractivity contribution is -0.116.